The molecular weight excluding hydrogens is 330 g/mol. The van der Waals surface area contributed by atoms with Crippen molar-refractivity contribution in [3.63, 3.8) is 0 Å². The molecule has 0 N–H and O–H groups in total. The van der Waals surface area contributed by atoms with Gasteiger partial charge in [-0.15, -0.1) is 0 Å². The highest BCUT2D eigenvalue weighted by molar-refractivity contribution is 6.09. The van der Waals surface area contributed by atoms with E-state index < -0.39 is 4.92 Å². The van der Waals surface area contributed by atoms with Gasteiger partial charge in [0, 0.05) is 41.8 Å². The van der Waals surface area contributed by atoms with Crippen LogP contribution in [-0.2, 0) is 6.42 Å². The lowest BCUT2D eigenvalue weighted by Crippen LogP contribution is -2.15. The van der Waals surface area contributed by atoms with Crippen LogP contribution in [-0.4, -0.2) is 22.2 Å². The Labute approximate surface area is 149 Å². The fraction of sp³-hybridized carbons (Fsp3) is 0.100. The normalized spacial score (nSPS) is 12.7. The van der Waals surface area contributed by atoms with E-state index in [2.05, 4.69) is 4.98 Å². The van der Waals surface area contributed by atoms with Gasteiger partial charge in [-0.2, -0.15) is 0 Å². The lowest BCUT2D eigenvalue weighted by Gasteiger charge is -2.19. The molecule has 0 atom stereocenters. The van der Waals surface area contributed by atoms with Crippen molar-refractivity contribution < 1.29 is 9.72 Å². The van der Waals surface area contributed by atoms with Gasteiger partial charge in [0.15, 0.2) is 5.78 Å². The van der Waals surface area contributed by atoms with Crippen LogP contribution in [0.15, 0.2) is 67.0 Å². The number of rotatable bonds is 4. The van der Waals surface area contributed by atoms with Gasteiger partial charge >= 0.3 is 0 Å². The van der Waals surface area contributed by atoms with Crippen molar-refractivity contribution in [2.75, 3.05) is 11.4 Å². The summed E-state index contributed by atoms with van der Waals surface area (Å²) in [6.45, 7) is 0.647. The first kappa shape index (κ1) is 16.0. The van der Waals surface area contributed by atoms with Gasteiger partial charge in [0.05, 0.1) is 4.92 Å². The number of nitrogens with zero attached hydrogens (tertiary/aromatic N) is 3. The van der Waals surface area contributed by atoms with E-state index in [-0.39, 0.29) is 11.5 Å². The number of anilines is 2. The molecule has 2 heterocycles. The number of pyridine rings is 1. The van der Waals surface area contributed by atoms with Gasteiger partial charge in [0.2, 0.25) is 0 Å². The van der Waals surface area contributed by atoms with Crippen LogP contribution in [0.5, 0.6) is 0 Å². The van der Waals surface area contributed by atoms with E-state index in [1.54, 1.807) is 48.8 Å². The van der Waals surface area contributed by atoms with E-state index in [1.807, 2.05) is 17.0 Å². The zero-order valence-electron chi connectivity index (χ0n) is 13.8. The Hall–Kier alpha value is -3.54. The van der Waals surface area contributed by atoms with Crippen molar-refractivity contribution in [2.24, 2.45) is 0 Å². The number of benzene rings is 2. The standard InChI is InChI=1S/C20H15N3O3/c24-20(14-4-2-1-3-5-14)15-6-7-18(19(12-15)23(25)26)22-11-9-16-13-21-10-8-17(16)22/h1-8,10,12-13H,9,11H2. The summed E-state index contributed by atoms with van der Waals surface area (Å²) in [6.07, 6.45) is 4.25. The maximum Gasteiger partial charge on any atom is 0.293 e. The average molecular weight is 345 g/mol. The van der Waals surface area contributed by atoms with Gasteiger partial charge in [-0.1, -0.05) is 30.3 Å². The number of hydrogen-bond donors (Lipinski definition) is 0. The molecule has 3 aromatic rings. The minimum absolute atomic E-state index is 0.0727. The number of carbonyl (C=O) groups excluding carboxylic acids is 1. The first-order valence-corrected chi connectivity index (χ1v) is 8.24. The van der Waals surface area contributed by atoms with Crippen molar-refractivity contribution >= 4 is 22.8 Å². The molecule has 1 aliphatic heterocycles. The van der Waals surface area contributed by atoms with Crippen LogP contribution in [0.25, 0.3) is 0 Å². The molecule has 0 amide bonds. The van der Waals surface area contributed by atoms with Crippen molar-refractivity contribution in [2.45, 2.75) is 6.42 Å². The largest absolute Gasteiger partial charge is 0.335 e. The summed E-state index contributed by atoms with van der Waals surface area (Å²) in [4.78, 5) is 29.8. The van der Waals surface area contributed by atoms with Gasteiger partial charge in [-0.3, -0.25) is 19.9 Å². The molecule has 0 unspecified atom stereocenters. The molecule has 128 valence electrons. The van der Waals surface area contributed by atoms with Crippen LogP contribution < -0.4 is 4.90 Å². The molecule has 0 saturated carbocycles. The molecule has 0 saturated heterocycles. The summed E-state index contributed by atoms with van der Waals surface area (Å²) in [6, 6.07) is 15.3. The number of carbonyl (C=O) groups is 1. The molecule has 2 aromatic carbocycles. The Bertz CT molecular complexity index is 1000. The van der Waals surface area contributed by atoms with Gasteiger partial charge in [0.1, 0.15) is 5.69 Å². The first-order valence-electron chi connectivity index (χ1n) is 8.24. The predicted octanol–water partition coefficient (Wildman–Crippen LogP) is 3.92. The second kappa shape index (κ2) is 6.40. The monoisotopic (exact) mass is 345 g/mol. The van der Waals surface area contributed by atoms with E-state index in [9.17, 15) is 14.9 Å². The second-order valence-corrected chi connectivity index (χ2v) is 6.06. The van der Waals surface area contributed by atoms with Crippen molar-refractivity contribution in [1.82, 2.24) is 4.98 Å². The first-order chi connectivity index (χ1) is 12.6. The lowest BCUT2D eigenvalue weighted by atomic mass is 10.0. The highest BCUT2D eigenvalue weighted by Gasteiger charge is 2.27. The molecule has 0 spiro atoms. The minimum atomic E-state index is -0.434. The Morgan fingerprint density at radius 1 is 1.04 bits per heavy atom. The van der Waals surface area contributed by atoms with Gasteiger partial charge < -0.3 is 4.90 Å². The predicted molar refractivity (Wildman–Crippen MR) is 97.9 cm³/mol. The molecule has 1 aromatic heterocycles. The number of nitro benzene ring substituents is 1. The van der Waals surface area contributed by atoms with Gasteiger partial charge in [-0.25, -0.2) is 0 Å². The smallest absolute Gasteiger partial charge is 0.293 e. The zero-order valence-corrected chi connectivity index (χ0v) is 13.8. The van der Waals surface area contributed by atoms with Gasteiger partial charge in [0.25, 0.3) is 5.69 Å². The number of ketones is 1. The SMILES string of the molecule is O=C(c1ccccc1)c1ccc(N2CCc3cnccc32)c([N+](=O)[O-])c1. The molecule has 6 heteroatoms. The zero-order chi connectivity index (χ0) is 18.1. The number of aromatic nitrogens is 1. The third-order valence-corrected chi connectivity index (χ3v) is 4.53. The van der Waals surface area contributed by atoms with Crippen molar-refractivity contribution in [3.05, 3.63) is 93.8 Å². The number of nitro groups is 1. The van der Waals surface area contributed by atoms with Crippen molar-refractivity contribution in [1.29, 1.82) is 0 Å². The molecule has 0 aliphatic carbocycles. The lowest BCUT2D eigenvalue weighted by molar-refractivity contribution is -0.384. The van der Waals surface area contributed by atoms with Gasteiger partial charge in [-0.05, 0) is 30.2 Å². The highest BCUT2D eigenvalue weighted by atomic mass is 16.6. The summed E-state index contributed by atoms with van der Waals surface area (Å²) in [7, 11) is 0. The Morgan fingerprint density at radius 3 is 2.62 bits per heavy atom. The summed E-state index contributed by atoms with van der Waals surface area (Å²) >= 11 is 0. The van der Waals surface area contributed by atoms with Crippen LogP contribution in [0.2, 0.25) is 0 Å². The van der Waals surface area contributed by atoms with Crippen molar-refractivity contribution in [3.8, 4) is 0 Å². The third kappa shape index (κ3) is 2.71. The third-order valence-electron chi connectivity index (χ3n) is 4.53. The molecule has 1 aliphatic rings. The molecule has 0 radical (unpaired) electrons. The maximum atomic E-state index is 12.6. The summed E-state index contributed by atoms with van der Waals surface area (Å²) in [5.74, 6) is -0.230. The fourth-order valence-corrected chi connectivity index (χ4v) is 3.27. The Kier molecular flexibility index (Phi) is 3.93. The Morgan fingerprint density at radius 2 is 1.85 bits per heavy atom. The van der Waals surface area contributed by atoms with Crippen LogP contribution in [0.4, 0.5) is 17.1 Å². The summed E-state index contributed by atoms with van der Waals surface area (Å²) < 4.78 is 0. The van der Waals surface area contributed by atoms with E-state index in [4.69, 9.17) is 0 Å². The molecule has 0 fully saturated rings. The van der Waals surface area contributed by atoms with Crippen LogP contribution in [0.3, 0.4) is 0 Å². The average Bonchev–Trinajstić information content (AvgIpc) is 3.11. The molecule has 0 bridgehead atoms. The number of fused-ring (bicyclic) bond motifs is 1. The maximum absolute atomic E-state index is 12.6. The van der Waals surface area contributed by atoms with Crippen LogP contribution in [0, 0.1) is 10.1 Å². The molecule has 4 rings (SSSR count). The quantitative estimate of drug-likeness (QED) is 0.407. The summed E-state index contributed by atoms with van der Waals surface area (Å²) in [5.41, 5.74) is 3.21. The topological polar surface area (TPSA) is 76.3 Å². The summed E-state index contributed by atoms with van der Waals surface area (Å²) in [5, 5.41) is 11.7. The van der Waals surface area contributed by atoms with E-state index in [1.165, 1.54) is 6.07 Å². The molecular formula is C20H15N3O3. The van der Waals surface area contributed by atoms with Crippen LogP contribution in [0.1, 0.15) is 21.5 Å². The van der Waals surface area contributed by atoms with E-state index >= 15 is 0 Å². The Balaban J connectivity index is 1.76. The van der Waals surface area contributed by atoms with E-state index in [0.717, 1.165) is 17.7 Å². The highest BCUT2D eigenvalue weighted by Crippen LogP contribution is 2.39. The number of hydrogen-bond acceptors (Lipinski definition) is 5. The van der Waals surface area contributed by atoms with E-state index in [0.29, 0.717) is 23.4 Å². The molecule has 26 heavy (non-hydrogen) atoms. The minimum Gasteiger partial charge on any atom is -0.335 e. The fourth-order valence-electron chi connectivity index (χ4n) is 3.27. The van der Waals surface area contributed by atoms with Crippen LogP contribution >= 0.6 is 0 Å². The molecule has 6 nitrogen and oxygen atoms in total. The second-order valence-electron chi connectivity index (χ2n) is 6.06.